The van der Waals surface area contributed by atoms with Gasteiger partial charge in [0.05, 0.1) is 12.2 Å². The van der Waals surface area contributed by atoms with Crippen molar-refractivity contribution in [2.45, 2.75) is 6.92 Å². The molecule has 142 valence electrons. The second-order valence-corrected chi connectivity index (χ2v) is 6.02. The minimum Gasteiger partial charge on any atom is -0.462 e. The summed E-state index contributed by atoms with van der Waals surface area (Å²) in [4.78, 5) is 47.1. The summed E-state index contributed by atoms with van der Waals surface area (Å²) in [6.07, 6.45) is 2.53. The van der Waals surface area contributed by atoms with Crippen LogP contribution in [0.3, 0.4) is 0 Å². The Morgan fingerprint density at radius 3 is 2.61 bits per heavy atom. The minimum absolute atomic E-state index is 0.108. The van der Waals surface area contributed by atoms with Crippen LogP contribution in [0, 0.1) is 0 Å². The fourth-order valence-electron chi connectivity index (χ4n) is 2.34. The molecule has 0 saturated heterocycles. The molecule has 0 bridgehead atoms. The number of rotatable bonds is 5. The van der Waals surface area contributed by atoms with Crippen LogP contribution in [0.2, 0.25) is 5.02 Å². The first-order valence-electron chi connectivity index (χ1n) is 8.27. The van der Waals surface area contributed by atoms with Crippen LogP contribution in [0.4, 0.5) is 5.82 Å². The van der Waals surface area contributed by atoms with Gasteiger partial charge in [0.15, 0.2) is 0 Å². The van der Waals surface area contributed by atoms with Gasteiger partial charge in [-0.25, -0.2) is 14.8 Å². The molecule has 3 aromatic rings. The number of ether oxygens (including phenoxy) is 1. The molecule has 0 aliphatic heterocycles. The normalized spacial score (nSPS) is 10.4. The van der Waals surface area contributed by atoms with Gasteiger partial charge in [-0.2, -0.15) is 0 Å². The predicted molar refractivity (Wildman–Crippen MR) is 103 cm³/mol. The molecule has 1 amide bonds. The van der Waals surface area contributed by atoms with E-state index in [-0.39, 0.29) is 23.6 Å². The van der Waals surface area contributed by atoms with E-state index in [1.807, 2.05) is 0 Å². The van der Waals surface area contributed by atoms with Crippen LogP contribution < -0.4 is 10.9 Å². The molecule has 0 atom stereocenters. The zero-order valence-electron chi connectivity index (χ0n) is 14.7. The molecular formula is C19H15ClN4O4. The highest BCUT2D eigenvalue weighted by atomic mass is 35.5. The van der Waals surface area contributed by atoms with E-state index >= 15 is 0 Å². The van der Waals surface area contributed by atoms with Gasteiger partial charge in [-0.05, 0) is 43.3 Å². The minimum atomic E-state index is -0.704. The number of anilines is 1. The van der Waals surface area contributed by atoms with Crippen molar-refractivity contribution in [1.29, 1.82) is 0 Å². The van der Waals surface area contributed by atoms with E-state index in [1.165, 1.54) is 24.5 Å². The van der Waals surface area contributed by atoms with E-state index in [0.29, 0.717) is 16.4 Å². The molecule has 3 rings (SSSR count). The summed E-state index contributed by atoms with van der Waals surface area (Å²) in [5, 5.41) is 3.02. The number of benzene rings is 1. The Labute approximate surface area is 164 Å². The SMILES string of the molecule is CCOC(=O)c1ccnc(NC(=O)c2cnc(-c3ccc(Cl)cc3)[nH]c2=O)c1. The Hall–Kier alpha value is -3.52. The second kappa shape index (κ2) is 8.45. The van der Waals surface area contributed by atoms with Crippen LogP contribution in [-0.2, 0) is 4.74 Å². The topological polar surface area (TPSA) is 114 Å². The van der Waals surface area contributed by atoms with Gasteiger partial charge in [-0.15, -0.1) is 0 Å². The van der Waals surface area contributed by atoms with Crippen LogP contribution in [0.1, 0.15) is 27.6 Å². The van der Waals surface area contributed by atoms with Crippen molar-refractivity contribution in [3.05, 3.63) is 75.3 Å². The molecule has 0 aliphatic carbocycles. The number of hydrogen-bond donors (Lipinski definition) is 2. The van der Waals surface area contributed by atoms with Gasteiger partial charge in [0, 0.05) is 23.0 Å². The first-order chi connectivity index (χ1) is 13.5. The van der Waals surface area contributed by atoms with Gasteiger partial charge in [0.2, 0.25) is 0 Å². The van der Waals surface area contributed by atoms with Crippen molar-refractivity contribution in [1.82, 2.24) is 15.0 Å². The molecule has 0 unspecified atom stereocenters. The molecular weight excluding hydrogens is 384 g/mol. The maximum absolute atomic E-state index is 12.4. The Morgan fingerprint density at radius 2 is 1.93 bits per heavy atom. The molecule has 8 nitrogen and oxygen atoms in total. The fraction of sp³-hybridized carbons (Fsp3) is 0.105. The molecule has 2 N–H and O–H groups in total. The summed E-state index contributed by atoms with van der Waals surface area (Å²) in [5.41, 5.74) is 0.0783. The molecule has 0 radical (unpaired) electrons. The van der Waals surface area contributed by atoms with Crippen molar-refractivity contribution in [3.8, 4) is 11.4 Å². The average Bonchev–Trinajstić information content (AvgIpc) is 2.68. The van der Waals surface area contributed by atoms with Crippen LogP contribution in [0.5, 0.6) is 0 Å². The second-order valence-electron chi connectivity index (χ2n) is 5.59. The van der Waals surface area contributed by atoms with Gasteiger partial charge < -0.3 is 15.0 Å². The van der Waals surface area contributed by atoms with Gasteiger partial charge >= 0.3 is 5.97 Å². The lowest BCUT2D eigenvalue weighted by Gasteiger charge is -2.07. The maximum atomic E-state index is 12.4. The van der Waals surface area contributed by atoms with Crippen molar-refractivity contribution in [2.24, 2.45) is 0 Å². The fourth-order valence-corrected chi connectivity index (χ4v) is 2.46. The van der Waals surface area contributed by atoms with E-state index in [0.717, 1.165) is 0 Å². The standard InChI is InChI=1S/C19H15ClN4O4/c1-2-28-19(27)12-7-8-21-15(9-12)23-17(25)14-10-22-16(24-18(14)26)11-3-5-13(20)6-4-11/h3-10H,2H2,1H3,(H,21,23,25)(H,22,24,26). The van der Waals surface area contributed by atoms with Gasteiger partial charge in [-0.3, -0.25) is 9.59 Å². The average molecular weight is 399 g/mol. The molecule has 2 aromatic heterocycles. The number of H-pyrrole nitrogens is 1. The number of aromatic nitrogens is 3. The van der Waals surface area contributed by atoms with Crippen molar-refractivity contribution in [2.75, 3.05) is 11.9 Å². The van der Waals surface area contributed by atoms with Gasteiger partial charge in [0.1, 0.15) is 17.2 Å². The Kier molecular flexibility index (Phi) is 5.81. The summed E-state index contributed by atoms with van der Waals surface area (Å²) < 4.78 is 4.90. The first-order valence-corrected chi connectivity index (χ1v) is 8.65. The number of carbonyl (C=O) groups excluding carboxylic acids is 2. The summed E-state index contributed by atoms with van der Waals surface area (Å²) in [6, 6.07) is 9.55. The maximum Gasteiger partial charge on any atom is 0.338 e. The smallest absolute Gasteiger partial charge is 0.338 e. The Balaban J connectivity index is 1.80. The molecule has 28 heavy (non-hydrogen) atoms. The highest BCUT2D eigenvalue weighted by molar-refractivity contribution is 6.30. The number of halogens is 1. The molecule has 9 heteroatoms. The quantitative estimate of drug-likeness (QED) is 0.639. The van der Waals surface area contributed by atoms with Crippen LogP contribution in [0.25, 0.3) is 11.4 Å². The highest BCUT2D eigenvalue weighted by Crippen LogP contribution is 2.17. The molecule has 0 saturated carbocycles. The number of esters is 1. The van der Waals surface area contributed by atoms with Crippen LogP contribution >= 0.6 is 11.6 Å². The Bertz CT molecular complexity index is 1080. The van der Waals surface area contributed by atoms with Crippen molar-refractivity contribution >= 4 is 29.3 Å². The molecule has 0 fully saturated rings. The number of amides is 1. The molecule has 1 aromatic carbocycles. The van der Waals surface area contributed by atoms with E-state index < -0.39 is 17.4 Å². The van der Waals surface area contributed by atoms with Gasteiger partial charge in [-0.1, -0.05) is 11.6 Å². The summed E-state index contributed by atoms with van der Waals surface area (Å²) in [6.45, 7) is 1.92. The number of carbonyl (C=O) groups is 2. The molecule has 0 aliphatic rings. The van der Waals surface area contributed by atoms with Crippen LogP contribution in [0.15, 0.2) is 53.6 Å². The number of pyridine rings is 1. The van der Waals surface area contributed by atoms with E-state index in [1.54, 1.807) is 31.2 Å². The molecule has 0 spiro atoms. The zero-order valence-corrected chi connectivity index (χ0v) is 15.5. The predicted octanol–water partition coefficient (Wildman–Crippen LogP) is 2.91. The third kappa shape index (κ3) is 4.41. The molecule has 2 heterocycles. The van der Waals surface area contributed by atoms with E-state index in [9.17, 15) is 14.4 Å². The van der Waals surface area contributed by atoms with E-state index in [2.05, 4.69) is 20.3 Å². The third-order valence-corrected chi connectivity index (χ3v) is 3.93. The summed E-state index contributed by atoms with van der Waals surface area (Å²) in [7, 11) is 0. The number of nitrogens with zero attached hydrogens (tertiary/aromatic N) is 2. The first kappa shape index (κ1) is 19.2. The summed E-state index contributed by atoms with van der Waals surface area (Å²) in [5.74, 6) is -0.825. The number of aromatic amines is 1. The van der Waals surface area contributed by atoms with E-state index in [4.69, 9.17) is 16.3 Å². The lowest BCUT2D eigenvalue weighted by molar-refractivity contribution is 0.0526. The van der Waals surface area contributed by atoms with Gasteiger partial charge in [0.25, 0.3) is 11.5 Å². The Morgan fingerprint density at radius 1 is 1.18 bits per heavy atom. The van der Waals surface area contributed by atoms with Crippen molar-refractivity contribution < 1.29 is 14.3 Å². The van der Waals surface area contributed by atoms with Crippen LogP contribution in [-0.4, -0.2) is 33.4 Å². The largest absolute Gasteiger partial charge is 0.462 e. The number of nitrogens with one attached hydrogen (secondary N) is 2. The monoisotopic (exact) mass is 398 g/mol. The number of hydrogen-bond acceptors (Lipinski definition) is 6. The lowest BCUT2D eigenvalue weighted by atomic mass is 10.2. The highest BCUT2D eigenvalue weighted by Gasteiger charge is 2.15. The zero-order chi connectivity index (χ0) is 20.1. The third-order valence-electron chi connectivity index (χ3n) is 3.67. The summed E-state index contributed by atoms with van der Waals surface area (Å²) >= 11 is 5.84. The lowest BCUT2D eigenvalue weighted by Crippen LogP contribution is -2.24. The van der Waals surface area contributed by atoms with Crippen molar-refractivity contribution in [3.63, 3.8) is 0 Å².